The fourth-order valence-corrected chi connectivity index (χ4v) is 3.22. The Hall–Kier alpha value is -1.13. The molecular formula is C15H23N3S. The molecule has 1 unspecified atom stereocenters. The maximum atomic E-state index is 4.50. The molecule has 104 valence electrons. The minimum absolute atomic E-state index is 0.468. The number of aromatic nitrogens is 2. The number of hydrogen-bond acceptors (Lipinski definition) is 3. The zero-order chi connectivity index (χ0) is 13.7. The van der Waals surface area contributed by atoms with Crippen molar-refractivity contribution in [1.82, 2.24) is 15.1 Å². The van der Waals surface area contributed by atoms with Gasteiger partial charge in [0.1, 0.15) is 0 Å². The lowest BCUT2D eigenvalue weighted by atomic mass is 10.1. The molecular weight excluding hydrogens is 254 g/mol. The number of aryl methyl sites for hydroxylation is 2. The van der Waals surface area contributed by atoms with Gasteiger partial charge in [0.25, 0.3) is 0 Å². The summed E-state index contributed by atoms with van der Waals surface area (Å²) >= 11 is 1.84. The average Bonchev–Trinajstić information content (AvgIpc) is 3.03. The first-order valence-corrected chi connectivity index (χ1v) is 7.90. The quantitative estimate of drug-likeness (QED) is 0.836. The second-order valence-corrected chi connectivity index (χ2v) is 5.85. The maximum absolute atomic E-state index is 4.50. The number of hydrogen-bond donors (Lipinski definition) is 1. The van der Waals surface area contributed by atoms with E-state index in [9.17, 15) is 0 Å². The van der Waals surface area contributed by atoms with Gasteiger partial charge in [-0.3, -0.25) is 4.68 Å². The molecule has 0 spiro atoms. The molecule has 2 aromatic rings. The highest BCUT2D eigenvalue weighted by atomic mass is 32.1. The summed E-state index contributed by atoms with van der Waals surface area (Å²) in [5, 5.41) is 10.3. The van der Waals surface area contributed by atoms with Crippen LogP contribution in [0.15, 0.2) is 23.7 Å². The summed E-state index contributed by atoms with van der Waals surface area (Å²) in [6.45, 7) is 5.30. The first-order chi connectivity index (χ1) is 9.24. The molecule has 19 heavy (non-hydrogen) atoms. The Labute approximate surface area is 119 Å². The summed E-state index contributed by atoms with van der Waals surface area (Å²) in [5.74, 6) is 0. The van der Waals surface area contributed by atoms with Gasteiger partial charge in [0.05, 0.1) is 5.69 Å². The third-order valence-electron chi connectivity index (χ3n) is 3.33. The molecule has 1 N–H and O–H groups in total. The first-order valence-electron chi connectivity index (χ1n) is 7.02. The molecule has 2 heterocycles. The topological polar surface area (TPSA) is 29.9 Å². The van der Waals surface area contributed by atoms with Crippen LogP contribution < -0.4 is 5.32 Å². The summed E-state index contributed by atoms with van der Waals surface area (Å²) in [4.78, 5) is 1.43. The molecule has 0 amide bonds. The van der Waals surface area contributed by atoms with Gasteiger partial charge in [0.15, 0.2) is 0 Å². The molecule has 0 aliphatic carbocycles. The Morgan fingerprint density at radius 2 is 2.26 bits per heavy atom. The van der Waals surface area contributed by atoms with Gasteiger partial charge in [-0.1, -0.05) is 26.3 Å². The fraction of sp³-hybridized carbons (Fsp3) is 0.533. The van der Waals surface area contributed by atoms with Gasteiger partial charge in [0.2, 0.25) is 0 Å². The van der Waals surface area contributed by atoms with Crippen molar-refractivity contribution in [2.45, 2.75) is 45.7 Å². The Morgan fingerprint density at radius 3 is 2.89 bits per heavy atom. The van der Waals surface area contributed by atoms with Crippen LogP contribution in [0, 0.1) is 0 Å². The SMILES string of the molecule is CCCC(NCc1cn(C)nc1CC)c1cccs1. The van der Waals surface area contributed by atoms with Crippen LogP contribution in [0.4, 0.5) is 0 Å². The second-order valence-electron chi connectivity index (χ2n) is 4.87. The van der Waals surface area contributed by atoms with Crippen LogP contribution in [-0.4, -0.2) is 9.78 Å². The van der Waals surface area contributed by atoms with Gasteiger partial charge in [-0.05, 0) is 24.3 Å². The van der Waals surface area contributed by atoms with Crippen LogP contribution in [0.3, 0.4) is 0 Å². The minimum Gasteiger partial charge on any atom is -0.305 e. The van der Waals surface area contributed by atoms with Crippen LogP contribution in [0.2, 0.25) is 0 Å². The third kappa shape index (κ3) is 3.67. The van der Waals surface area contributed by atoms with E-state index in [2.05, 4.69) is 48.0 Å². The van der Waals surface area contributed by atoms with E-state index in [1.165, 1.54) is 29.0 Å². The largest absolute Gasteiger partial charge is 0.305 e. The number of nitrogens with one attached hydrogen (secondary N) is 1. The van der Waals surface area contributed by atoms with Crippen molar-refractivity contribution in [3.05, 3.63) is 39.8 Å². The zero-order valence-corrected chi connectivity index (χ0v) is 12.8. The highest BCUT2D eigenvalue weighted by Gasteiger charge is 2.13. The van der Waals surface area contributed by atoms with Crippen LogP contribution in [0.5, 0.6) is 0 Å². The molecule has 1 atom stereocenters. The number of nitrogens with zero attached hydrogens (tertiary/aromatic N) is 2. The highest BCUT2D eigenvalue weighted by molar-refractivity contribution is 7.10. The molecule has 0 fully saturated rings. The molecule has 3 nitrogen and oxygen atoms in total. The number of rotatable bonds is 7. The molecule has 0 aromatic carbocycles. The monoisotopic (exact) mass is 277 g/mol. The smallest absolute Gasteiger partial charge is 0.0666 e. The summed E-state index contributed by atoms with van der Waals surface area (Å²) in [5.41, 5.74) is 2.53. The molecule has 0 aliphatic rings. The highest BCUT2D eigenvalue weighted by Crippen LogP contribution is 2.23. The van der Waals surface area contributed by atoms with E-state index in [-0.39, 0.29) is 0 Å². The van der Waals surface area contributed by atoms with E-state index in [1.807, 2.05) is 23.1 Å². The molecule has 0 saturated heterocycles. The van der Waals surface area contributed by atoms with Crippen LogP contribution >= 0.6 is 11.3 Å². The van der Waals surface area contributed by atoms with E-state index in [1.54, 1.807) is 0 Å². The van der Waals surface area contributed by atoms with E-state index in [0.29, 0.717) is 6.04 Å². The van der Waals surface area contributed by atoms with E-state index >= 15 is 0 Å². The zero-order valence-electron chi connectivity index (χ0n) is 12.0. The summed E-state index contributed by atoms with van der Waals surface area (Å²) in [7, 11) is 1.99. The minimum atomic E-state index is 0.468. The summed E-state index contributed by atoms with van der Waals surface area (Å²) < 4.78 is 1.91. The fourth-order valence-electron chi connectivity index (χ4n) is 2.39. The van der Waals surface area contributed by atoms with Gasteiger partial charge in [-0.25, -0.2) is 0 Å². The Morgan fingerprint density at radius 1 is 1.42 bits per heavy atom. The Kier molecular flexibility index (Phi) is 5.16. The lowest BCUT2D eigenvalue weighted by Crippen LogP contribution is -2.20. The van der Waals surface area contributed by atoms with Crippen molar-refractivity contribution in [3.63, 3.8) is 0 Å². The predicted octanol–water partition coefficient (Wildman–Crippen LogP) is 3.68. The second kappa shape index (κ2) is 6.87. The summed E-state index contributed by atoms with van der Waals surface area (Å²) in [6.07, 6.45) is 5.50. The van der Waals surface area contributed by atoms with E-state index < -0.39 is 0 Å². The predicted molar refractivity (Wildman–Crippen MR) is 81.4 cm³/mol. The Bertz CT molecular complexity index is 487. The van der Waals surface area contributed by atoms with Crippen LogP contribution in [0.1, 0.15) is 48.9 Å². The van der Waals surface area contributed by atoms with Crippen LogP contribution in [0.25, 0.3) is 0 Å². The molecule has 2 aromatic heterocycles. The lowest BCUT2D eigenvalue weighted by molar-refractivity contribution is 0.499. The number of thiophene rings is 1. The van der Waals surface area contributed by atoms with Crippen LogP contribution in [-0.2, 0) is 20.0 Å². The van der Waals surface area contributed by atoms with Crippen molar-refractivity contribution < 1.29 is 0 Å². The lowest BCUT2D eigenvalue weighted by Gasteiger charge is -2.16. The van der Waals surface area contributed by atoms with Crippen molar-refractivity contribution in [3.8, 4) is 0 Å². The molecule has 4 heteroatoms. The first kappa shape index (κ1) is 14.3. The van der Waals surface area contributed by atoms with E-state index in [0.717, 1.165) is 13.0 Å². The van der Waals surface area contributed by atoms with Gasteiger partial charge < -0.3 is 5.32 Å². The molecule has 2 rings (SSSR count). The van der Waals surface area contributed by atoms with Gasteiger partial charge >= 0.3 is 0 Å². The van der Waals surface area contributed by atoms with Crippen molar-refractivity contribution in [2.24, 2.45) is 7.05 Å². The molecule has 0 bridgehead atoms. The van der Waals surface area contributed by atoms with Gasteiger partial charge in [-0.2, -0.15) is 5.10 Å². The van der Waals surface area contributed by atoms with Gasteiger partial charge in [-0.15, -0.1) is 11.3 Å². The average molecular weight is 277 g/mol. The Balaban J connectivity index is 2.02. The van der Waals surface area contributed by atoms with Crippen molar-refractivity contribution in [1.29, 1.82) is 0 Å². The molecule has 0 aliphatic heterocycles. The summed E-state index contributed by atoms with van der Waals surface area (Å²) in [6, 6.07) is 4.82. The molecule has 0 saturated carbocycles. The van der Waals surface area contributed by atoms with Gasteiger partial charge in [0, 0.05) is 36.3 Å². The van der Waals surface area contributed by atoms with Crippen molar-refractivity contribution in [2.75, 3.05) is 0 Å². The van der Waals surface area contributed by atoms with E-state index in [4.69, 9.17) is 0 Å². The molecule has 0 radical (unpaired) electrons. The van der Waals surface area contributed by atoms with Crippen molar-refractivity contribution >= 4 is 11.3 Å². The third-order valence-corrected chi connectivity index (χ3v) is 4.32. The maximum Gasteiger partial charge on any atom is 0.0666 e. The standard InChI is InChI=1S/C15H23N3S/c1-4-7-14(15-8-6-9-19-15)16-10-12-11-18(3)17-13(12)5-2/h6,8-9,11,14,16H,4-5,7,10H2,1-3H3. The normalized spacial score (nSPS) is 12.8.